The predicted molar refractivity (Wildman–Crippen MR) is 200 cm³/mol. The van der Waals surface area contributed by atoms with E-state index in [9.17, 15) is 18.0 Å². The number of nitrogens with zero attached hydrogens (tertiary/aromatic N) is 6. The number of anilines is 4. The van der Waals surface area contributed by atoms with Crippen molar-refractivity contribution in [2.45, 2.75) is 82.1 Å². The van der Waals surface area contributed by atoms with E-state index in [1.807, 2.05) is 44.7 Å². The molecule has 0 radical (unpaired) electrons. The van der Waals surface area contributed by atoms with Crippen molar-refractivity contribution in [2.24, 2.45) is 0 Å². The van der Waals surface area contributed by atoms with Crippen molar-refractivity contribution in [2.75, 3.05) is 50.6 Å². The summed E-state index contributed by atoms with van der Waals surface area (Å²) in [7, 11) is -1.99. The molecule has 2 aromatic heterocycles. The van der Waals surface area contributed by atoms with Gasteiger partial charge in [-0.3, -0.25) is 9.69 Å². The van der Waals surface area contributed by atoms with E-state index in [1.54, 1.807) is 57.5 Å². The Hall–Kier alpha value is -4.96. The average molecular weight is 749 g/mol. The third-order valence-electron chi connectivity index (χ3n) is 9.44. The highest BCUT2D eigenvalue weighted by molar-refractivity contribution is 7.92. The number of fused-ring (bicyclic) bond motifs is 1. The van der Waals surface area contributed by atoms with E-state index in [4.69, 9.17) is 14.2 Å². The smallest absolute Gasteiger partial charge is 0.411 e. The number of sulfone groups is 1. The minimum atomic E-state index is -3.59. The van der Waals surface area contributed by atoms with Crippen LogP contribution >= 0.6 is 0 Å². The molecule has 16 heteroatoms. The van der Waals surface area contributed by atoms with Crippen LogP contribution in [0.4, 0.5) is 28.1 Å². The van der Waals surface area contributed by atoms with Gasteiger partial charge < -0.3 is 29.7 Å². The zero-order valence-electron chi connectivity index (χ0n) is 31.2. The number of methoxy groups -OCH3 is 1. The molecule has 0 unspecified atom stereocenters. The number of carbonyl (C=O) groups is 2. The second-order valence-corrected chi connectivity index (χ2v) is 17.1. The largest absolute Gasteiger partial charge is 0.495 e. The Balaban J connectivity index is 1.18. The molecule has 0 spiro atoms. The predicted octanol–water partition coefficient (Wildman–Crippen LogP) is 5.45. The number of hydrogen-bond acceptors (Lipinski definition) is 12. The summed E-state index contributed by atoms with van der Waals surface area (Å²) in [5.74, 6) is 1.18. The molecule has 2 N–H and O–H groups in total. The van der Waals surface area contributed by atoms with Crippen molar-refractivity contribution < 1.29 is 32.2 Å². The van der Waals surface area contributed by atoms with Gasteiger partial charge in [-0.25, -0.2) is 13.2 Å². The first-order valence-corrected chi connectivity index (χ1v) is 19.3. The van der Waals surface area contributed by atoms with E-state index in [0.29, 0.717) is 49.0 Å². The van der Waals surface area contributed by atoms with E-state index in [-0.39, 0.29) is 35.2 Å². The van der Waals surface area contributed by atoms with Crippen LogP contribution in [0.2, 0.25) is 0 Å². The minimum absolute atomic E-state index is 0.128. The number of nitrogens with one attached hydrogen (secondary N) is 2. The number of hydrogen-bond donors (Lipinski definition) is 2. The van der Waals surface area contributed by atoms with Gasteiger partial charge in [-0.2, -0.15) is 19.6 Å². The number of aromatic nitrogens is 4. The molecule has 1 atom stereocenters. The highest BCUT2D eigenvalue weighted by Crippen LogP contribution is 2.38. The molecule has 53 heavy (non-hydrogen) atoms. The van der Waals surface area contributed by atoms with Gasteiger partial charge in [0.05, 0.1) is 48.0 Å². The van der Waals surface area contributed by atoms with Crippen LogP contribution in [-0.2, 0) is 24.1 Å². The van der Waals surface area contributed by atoms with Crippen LogP contribution in [0.15, 0.2) is 53.6 Å². The first-order valence-electron chi connectivity index (χ1n) is 17.8. The van der Waals surface area contributed by atoms with Crippen LogP contribution in [0.3, 0.4) is 0 Å². The molecule has 284 valence electrons. The maximum atomic E-state index is 13.7. The lowest BCUT2D eigenvalue weighted by Gasteiger charge is -2.40. The first-order chi connectivity index (χ1) is 25.2. The molecular weight excluding hydrogens is 701 g/mol. The molecule has 2 aliphatic heterocycles. The number of ether oxygens (including phenoxy) is 3. The van der Waals surface area contributed by atoms with Gasteiger partial charge in [0.15, 0.2) is 15.5 Å². The fourth-order valence-corrected chi connectivity index (χ4v) is 7.86. The highest BCUT2D eigenvalue weighted by Gasteiger charge is 2.39. The zero-order valence-corrected chi connectivity index (χ0v) is 32.1. The lowest BCUT2D eigenvalue weighted by Crippen LogP contribution is -2.58. The summed E-state index contributed by atoms with van der Waals surface area (Å²) in [6.07, 6.45) is 2.57. The van der Waals surface area contributed by atoms with Gasteiger partial charge in [0.1, 0.15) is 17.4 Å². The number of benzene rings is 2. The van der Waals surface area contributed by atoms with Gasteiger partial charge in [-0.15, -0.1) is 0 Å². The minimum Gasteiger partial charge on any atom is -0.495 e. The number of morpholine rings is 1. The SMILES string of the molecule is COc1cc(C2CCN(C(=O)[C@H]3COCCN3C(=O)OC(C)(C)C)CC2)c(C)cc1Nc1nc(Nc2ccccc2S(=O)(=O)C(C)C)n2nccc2n1. The monoisotopic (exact) mass is 748 g/mol. The second kappa shape index (κ2) is 15.2. The molecule has 2 aromatic carbocycles. The van der Waals surface area contributed by atoms with Crippen LogP contribution in [0.1, 0.15) is 64.5 Å². The van der Waals surface area contributed by atoms with Crippen molar-refractivity contribution in [3.05, 3.63) is 59.8 Å². The van der Waals surface area contributed by atoms with Crippen LogP contribution < -0.4 is 15.4 Å². The van der Waals surface area contributed by atoms with Crippen LogP contribution in [0, 0.1) is 6.92 Å². The number of carbonyl (C=O) groups excluding carboxylic acids is 2. The Morgan fingerprint density at radius 3 is 2.43 bits per heavy atom. The average Bonchev–Trinajstić information content (AvgIpc) is 3.60. The van der Waals surface area contributed by atoms with Gasteiger partial charge >= 0.3 is 6.09 Å². The van der Waals surface area contributed by atoms with Gasteiger partial charge in [-0.1, -0.05) is 12.1 Å². The standard InChI is InChI=1S/C37H48N8O7S/c1-23(2)53(48,49)31-11-9-8-10-27(31)40-35-42-34(41-32-12-15-38-45(32)35)39-28-20-24(3)26(21-30(28)50-7)25-13-16-43(17-14-25)33(46)29-22-51-19-18-44(29)36(47)52-37(4,5)6/h8-12,15,20-21,23,25,29H,13-14,16-19,22H2,1-7H3,(H2,39,40,41,42)/t29-/m1/s1. The zero-order chi connectivity index (χ0) is 38.1. The molecule has 2 aliphatic rings. The van der Waals surface area contributed by atoms with E-state index >= 15 is 0 Å². The summed E-state index contributed by atoms with van der Waals surface area (Å²) in [4.78, 5) is 39.4. The highest BCUT2D eigenvalue weighted by atomic mass is 32.2. The normalized spacial score (nSPS) is 17.2. The summed E-state index contributed by atoms with van der Waals surface area (Å²) in [5, 5.41) is 10.2. The Morgan fingerprint density at radius 2 is 1.74 bits per heavy atom. The van der Waals surface area contributed by atoms with Gasteiger partial charge in [0, 0.05) is 25.7 Å². The third-order valence-corrected chi connectivity index (χ3v) is 11.6. The molecule has 4 heterocycles. The number of amides is 2. The van der Waals surface area contributed by atoms with Crippen LogP contribution in [-0.4, -0.2) is 107 Å². The van der Waals surface area contributed by atoms with E-state index in [0.717, 1.165) is 24.0 Å². The van der Waals surface area contributed by atoms with E-state index < -0.39 is 32.8 Å². The maximum Gasteiger partial charge on any atom is 0.411 e. The molecule has 2 fully saturated rings. The first kappa shape index (κ1) is 37.8. The number of likely N-dealkylation sites (tertiary alicyclic amines) is 1. The lowest BCUT2D eigenvalue weighted by atomic mass is 9.86. The third kappa shape index (κ3) is 8.18. The summed E-state index contributed by atoms with van der Waals surface area (Å²) < 4.78 is 44.8. The summed E-state index contributed by atoms with van der Waals surface area (Å²) >= 11 is 0. The molecule has 0 saturated carbocycles. The van der Waals surface area contributed by atoms with Crippen LogP contribution in [0.25, 0.3) is 5.65 Å². The Kier molecular flexibility index (Phi) is 10.8. The number of rotatable bonds is 9. The number of para-hydroxylation sites is 1. The van der Waals surface area contributed by atoms with Gasteiger partial charge in [0.2, 0.25) is 17.8 Å². The number of piperidine rings is 1. The fraction of sp³-hybridized carbons (Fsp3) is 0.486. The van der Waals surface area contributed by atoms with Crippen LogP contribution in [0.5, 0.6) is 5.75 Å². The molecule has 6 rings (SSSR count). The Bertz CT molecular complexity index is 2090. The molecule has 15 nitrogen and oxygen atoms in total. The van der Waals surface area contributed by atoms with E-state index in [1.165, 1.54) is 9.42 Å². The van der Waals surface area contributed by atoms with Crippen molar-refractivity contribution in [3.8, 4) is 5.75 Å². The lowest BCUT2D eigenvalue weighted by molar-refractivity contribution is -0.143. The molecular formula is C37H48N8O7S. The van der Waals surface area contributed by atoms with E-state index in [2.05, 4.69) is 25.7 Å². The second-order valence-electron chi connectivity index (χ2n) is 14.6. The van der Waals surface area contributed by atoms with Crippen molar-refractivity contribution in [1.82, 2.24) is 29.4 Å². The quantitative estimate of drug-likeness (QED) is 0.222. The fourth-order valence-electron chi connectivity index (χ4n) is 6.65. The molecule has 2 saturated heterocycles. The Labute approximate surface area is 309 Å². The molecule has 2 amide bonds. The summed E-state index contributed by atoms with van der Waals surface area (Å²) in [5.41, 5.74) is 3.01. The van der Waals surface area contributed by atoms with Gasteiger partial charge in [-0.05, 0) is 95.7 Å². The summed E-state index contributed by atoms with van der Waals surface area (Å²) in [6.45, 7) is 12.6. The van der Waals surface area contributed by atoms with Crippen molar-refractivity contribution in [3.63, 3.8) is 0 Å². The molecule has 0 bridgehead atoms. The van der Waals surface area contributed by atoms with Crippen molar-refractivity contribution in [1.29, 1.82) is 0 Å². The van der Waals surface area contributed by atoms with Crippen molar-refractivity contribution >= 4 is 50.8 Å². The summed E-state index contributed by atoms with van der Waals surface area (Å²) in [6, 6.07) is 11.7. The van der Waals surface area contributed by atoms with Gasteiger partial charge in [0.25, 0.3) is 0 Å². The molecule has 4 aromatic rings. The number of aryl methyl sites for hydroxylation is 1. The topological polar surface area (TPSA) is 170 Å². The molecule has 0 aliphatic carbocycles. The maximum absolute atomic E-state index is 13.7. The Morgan fingerprint density at radius 1 is 1.00 bits per heavy atom.